The summed E-state index contributed by atoms with van der Waals surface area (Å²) in [6.07, 6.45) is 8.09. The highest BCUT2D eigenvalue weighted by Crippen LogP contribution is 2.21. The van der Waals surface area contributed by atoms with Gasteiger partial charge in [0.15, 0.2) is 5.96 Å². The van der Waals surface area contributed by atoms with Crippen LogP contribution in [0.4, 0.5) is 0 Å². The first-order valence-corrected chi connectivity index (χ1v) is 11.3. The smallest absolute Gasteiger partial charge is 0.193 e. The van der Waals surface area contributed by atoms with E-state index in [-0.39, 0.29) is 24.0 Å². The Morgan fingerprint density at radius 3 is 2.83 bits per heavy atom. The van der Waals surface area contributed by atoms with Crippen LogP contribution in [0.5, 0.6) is 0 Å². The molecule has 0 bridgehead atoms. The van der Waals surface area contributed by atoms with Crippen LogP contribution < -0.4 is 5.32 Å². The zero-order valence-electron chi connectivity index (χ0n) is 18.1. The van der Waals surface area contributed by atoms with Gasteiger partial charge in [-0.1, -0.05) is 36.8 Å². The molecule has 164 valence electrons. The van der Waals surface area contributed by atoms with E-state index >= 15 is 0 Å². The summed E-state index contributed by atoms with van der Waals surface area (Å²) < 4.78 is 2.33. The number of fused-ring (bicyclic) bond motifs is 1. The fourth-order valence-corrected chi connectivity index (χ4v) is 4.56. The number of benzene rings is 1. The van der Waals surface area contributed by atoms with Gasteiger partial charge in [-0.15, -0.1) is 34.2 Å². The predicted octanol–water partition coefficient (Wildman–Crippen LogP) is 3.70. The Morgan fingerprint density at radius 2 is 2.00 bits per heavy atom. The number of aliphatic imine (C=N–C) groups is 1. The molecule has 1 aromatic carbocycles. The SMILES string of the molecule is CCNC(=NCCc1nnc2n1CCCCC2)N1CCC(Cc2ccccc2)C1.I. The number of aromatic nitrogens is 3. The van der Waals surface area contributed by atoms with E-state index in [4.69, 9.17) is 4.99 Å². The molecule has 1 aromatic heterocycles. The highest BCUT2D eigenvalue weighted by Gasteiger charge is 2.25. The molecule has 0 saturated carbocycles. The van der Waals surface area contributed by atoms with E-state index in [0.29, 0.717) is 5.92 Å². The number of rotatable bonds is 6. The largest absolute Gasteiger partial charge is 0.357 e. The van der Waals surface area contributed by atoms with Crippen LogP contribution in [-0.2, 0) is 25.8 Å². The van der Waals surface area contributed by atoms with E-state index in [2.05, 4.69) is 62.2 Å². The fraction of sp³-hybridized carbons (Fsp3) is 0.609. The zero-order chi connectivity index (χ0) is 19.9. The van der Waals surface area contributed by atoms with Gasteiger partial charge in [-0.05, 0) is 44.1 Å². The third kappa shape index (κ3) is 5.95. The van der Waals surface area contributed by atoms with Crippen molar-refractivity contribution in [3.05, 3.63) is 47.5 Å². The molecule has 30 heavy (non-hydrogen) atoms. The minimum absolute atomic E-state index is 0. The summed E-state index contributed by atoms with van der Waals surface area (Å²) in [4.78, 5) is 7.37. The van der Waals surface area contributed by atoms with Crippen molar-refractivity contribution < 1.29 is 0 Å². The van der Waals surface area contributed by atoms with Gasteiger partial charge in [-0.3, -0.25) is 4.99 Å². The van der Waals surface area contributed by atoms with Crippen LogP contribution in [0.3, 0.4) is 0 Å². The lowest BCUT2D eigenvalue weighted by molar-refractivity contribution is 0.460. The number of hydrogen-bond acceptors (Lipinski definition) is 3. The molecular formula is C23H35IN6. The number of likely N-dealkylation sites (tertiary alicyclic amines) is 1. The molecule has 0 radical (unpaired) electrons. The van der Waals surface area contributed by atoms with Gasteiger partial charge >= 0.3 is 0 Å². The van der Waals surface area contributed by atoms with Crippen molar-refractivity contribution in [1.29, 1.82) is 0 Å². The minimum Gasteiger partial charge on any atom is -0.357 e. The van der Waals surface area contributed by atoms with Gasteiger partial charge < -0.3 is 14.8 Å². The third-order valence-corrected chi connectivity index (χ3v) is 6.07. The molecular weight excluding hydrogens is 487 g/mol. The first-order chi connectivity index (χ1) is 14.3. The first-order valence-electron chi connectivity index (χ1n) is 11.3. The van der Waals surface area contributed by atoms with Crippen LogP contribution in [0.2, 0.25) is 0 Å². The third-order valence-electron chi connectivity index (χ3n) is 6.07. The van der Waals surface area contributed by atoms with Gasteiger partial charge in [0.2, 0.25) is 0 Å². The first kappa shape index (κ1) is 23.0. The van der Waals surface area contributed by atoms with Gasteiger partial charge in [0.25, 0.3) is 0 Å². The summed E-state index contributed by atoms with van der Waals surface area (Å²) in [5.74, 6) is 4.02. The molecule has 7 heteroatoms. The molecule has 4 rings (SSSR count). The van der Waals surface area contributed by atoms with Crippen LogP contribution >= 0.6 is 24.0 Å². The highest BCUT2D eigenvalue weighted by atomic mass is 127. The topological polar surface area (TPSA) is 58.3 Å². The van der Waals surface area contributed by atoms with Crippen molar-refractivity contribution >= 4 is 29.9 Å². The Bertz CT molecular complexity index is 803. The molecule has 1 N–H and O–H groups in total. The van der Waals surface area contributed by atoms with Gasteiger partial charge in [-0.25, -0.2) is 0 Å². The average Bonchev–Trinajstić information content (AvgIpc) is 3.28. The molecule has 1 fully saturated rings. The summed E-state index contributed by atoms with van der Waals surface area (Å²) >= 11 is 0. The van der Waals surface area contributed by atoms with Crippen molar-refractivity contribution in [1.82, 2.24) is 25.0 Å². The summed E-state index contributed by atoms with van der Waals surface area (Å²) in [5, 5.41) is 12.4. The second kappa shape index (κ2) is 11.7. The second-order valence-electron chi connectivity index (χ2n) is 8.27. The highest BCUT2D eigenvalue weighted by molar-refractivity contribution is 14.0. The lowest BCUT2D eigenvalue weighted by Crippen LogP contribution is -2.40. The van der Waals surface area contributed by atoms with Gasteiger partial charge in [0, 0.05) is 45.6 Å². The average molecular weight is 522 g/mol. The zero-order valence-corrected chi connectivity index (χ0v) is 20.4. The van der Waals surface area contributed by atoms with Crippen LogP contribution in [0.1, 0.15) is 49.8 Å². The molecule has 2 aromatic rings. The molecule has 2 aliphatic rings. The predicted molar refractivity (Wildman–Crippen MR) is 133 cm³/mol. The lowest BCUT2D eigenvalue weighted by atomic mass is 9.99. The Hall–Kier alpha value is -1.64. The van der Waals surface area contributed by atoms with Crippen LogP contribution in [-0.4, -0.2) is 51.8 Å². The Balaban J connectivity index is 0.00000256. The summed E-state index contributed by atoms with van der Waals surface area (Å²) in [5.41, 5.74) is 1.44. The van der Waals surface area contributed by atoms with E-state index in [9.17, 15) is 0 Å². The molecule has 3 heterocycles. The maximum atomic E-state index is 4.93. The number of hydrogen-bond donors (Lipinski definition) is 1. The summed E-state index contributed by atoms with van der Waals surface area (Å²) in [7, 11) is 0. The van der Waals surface area contributed by atoms with Crippen LogP contribution in [0, 0.1) is 5.92 Å². The van der Waals surface area contributed by atoms with Crippen molar-refractivity contribution in [3.8, 4) is 0 Å². The molecule has 1 atom stereocenters. The number of nitrogens with zero attached hydrogens (tertiary/aromatic N) is 5. The van der Waals surface area contributed by atoms with E-state index in [1.165, 1.54) is 31.2 Å². The van der Waals surface area contributed by atoms with Gasteiger partial charge in [0.1, 0.15) is 11.6 Å². The van der Waals surface area contributed by atoms with E-state index < -0.39 is 0 Å². The second-order valence-corrected chi connectivity index (χ2v) is 8.27. The monoisotopic (exact) mass is 522 g/mol. The van der Waals surface area contributed by atoms with Crippen LogP contribution in [0.15, 0.2) is 35.3 Å². The van der Waals surface area contributed by atoms with E-state index in [0.717, 1.165) is 69.6 Å². The molecule has 0 spiro atoms. The van der Waals surface area contributed by atoms with Crippen molar-refractivity contribution in [2.24, 2.45) is 10.9 Å². The van der Waals surface area contributed by atoms with Gasteiger partial charge in [-0.2, -0.15) is 0 Å². The van der Waals surface area contributed by atoms with Crippen molar-refractivity contribution in [2.45, 2.75) is 58.4 Å². The fourth-order valence-electron chi connectivity index (χ4n) is 4.56. The van der Waals surface area contributed by atoms with Gasteiger partial charge in [0.05, 0.1) is 0 Å². The van der Waals surface area contributed by atoms with Crippen molar-refractivity contribution in [3.63, 3.8) is 0 Å². The normalized spacial score (nSPS) is 19.2. The molecule has 6 nitrogen and oxygen atoms in total. The minimum atomic E-state index is 0. The van der Waals surface area contributed by atoms with E-state index in [1.54, 1.807) is 0 Å². The van der Waals surface area contributed by atoms with Crippen LogP contribution in [0.25, 0.3) is 0 Å². The van der Waals surface area contributed by atoms with E-state index in [1.807, 2.05) is 0 Å². The number of aryl methyl sites for hydroxylation is 1. The molecule has 0 amide bonds. The molecule has 0 aliphatic carbocycles. The Labute approximate surface area is 197 Å². The Kier molecular flexibility index (Phi) is 8.96. The summed E-state index contributed by atoms with van der Waals surface area (Å²) in [6.45, 7) is 7.05. The quantitative estimate of drug-likeness (QED) is 0.357. The number of guanidine groups is 1. The van der Waals surface area contributed by atoms with Crippen molar-refractivity contribution in [2.75, 3.05) is 26.2 Å². The Morgan fingerprint density at radius 1 is 1.13 bits per heavy atom. The number of nitrogens with one attached hydrogen (secondary N) is 1. The maximum Gasteiger partial charge on any atom is 0.193 e. The number of halogens is 1. The standard InChI is InChI=1S/C23H34N6.HI/c1-2-24-23(28-16-13-20(18-28)17-19-9-5-3-6-10-19)25-14-12-22-27-26-21-11-7-4-8-15-29(21)22;/h3,5-6,9-10,20H,2,4,7-8,11-18H2,1H3,(H,24,25);1H. The lowest BCUT2D eigenvalue weighted by Gasteiger charge is -2.21. The molecule has 1 saturated heterocycles. The molecule has 1 unspecified atom stereocenters. The molecule has 2 aliphatic heterocycles. The maximum absolute atomic E-state index is 4.93. The summed E-state index contributed by atoms with van der Waals surface area (Å²) in [6, 6.07) is 10.8.